The average molecular weight is 392 g/mol. The van der Waals surface area contributed by atoms with E-state index in [0.717, 1.165) is 6.42 Å². The summed E-state index contributed by atoms with van der Waals surface area (Å²) in [6.07, 6.45) is 5.09. The van der Waals surface area contributed by atoms with Crippen LogP contribution < -0.4 is 10.1 Å². The summed E-state index contributed by atoms with van der Waals surface area (Å²) in [5.74, 6) is 0.375. The molecule has 1 N–H and O–H groups in total. The van der Waals surface area contributed by atoms with Crippen LogP contribution in [-0.2, 0) is 14.8 Å². The Labute approximate surface area is 157 Å². The van der Waals surface area contributed by atoms with Crippen molar-refractivity contribution in [1.82, 2.24) is 14.3 Å². The Balaban J connectivity index is 1.69. The molecule has 1 aromatic carbocycles. The van der Waals surface area contributed by atoms with Crippen LogP contribution in [0.5, 0.6) is 5.88 Å². The van der Waals surface area contributed by atoms with E-state index in [2.05, 4.69) is 20.0 Å². The second-order valence-corrected chi connectivity index (χ2v) is 7.87. The SMILES string of the molecule is COC(=O)Nc1ccc(S(=O)(=O)N2CCCC(Oc3cnccn3)C2)cc1. The van der Waals surface area contributed by atoms with E-state index < -0.39 is 16.1 Å². The minimum atomic E-state index is -3.66. The predicted octanol–water partition coefficient (Wildman–Crippen LogP) is 1.89. The normalized spacial score (nSPS) is 17.9. The Bertz CT molecular complexity index is 874. The summed E-state index contributed by atoms with van der Waals surface area (Å²) in [5.41, 5.74) is 0.448. The third kappa shape index (κ3) is 4.72. The number of piperidine rings is 1. The summed E-state index contributed by atoms with van der Waals surface area (Å²) in [6.45, 7) is 0.659. The van der Waals surface area contributed by atoms with E-state index in [4.69, 9.17) is 4.74 Å². The van der Waals surface area contributed by atoms with Crippen LogP contribution in [-0.4, -0.2) is 55.1 Å². The lowest BCUT2D eigenvalue weighted by Crippen LogP contribution is -2.44. The molecule has 1 aromatic heterocycles. The number of nitrogens with one attached hydrogen (secondary N) is 1. The van der Waals surface area contributed by atoms with Crippen LogP contribution in [0.1, 0.15) is 12.8 Å². The molecule has 1 aliphatic rings. The maximum atomic E-state index is 12.9. The number of hydrogen-bond donors (Lipinski definition) is 1. The van der Waals surface area contributed by atoms with Crippen molar-refractivity contribution in [1.29, 1.82) is 0 Å². The van der Waals surface area contributed by atoms with Crippen molar-refractivity contribution in [3.63, 3.8) is 0 Å². The van der Waals surface area contributed by atoms with Gasteiger partial charge in [-0.1, -0.05) is 0 Å². The van der Waals surface area contributed by atoms with E-state index >= 15 is 0 Å². The van der Waals surface area contributed by atoms with Gasteiger partial charge < -0.3 is 9.47 Å². The number of sulfonamides is 1. The third-order valence-electron chi connectivity index (χ3n) is 4.09. The Morgan fingerprint density at radius 3 is 2.70 bits per heavy atom. The number of ether oxygens (including phenoxy) is 2. The smallest absolute Gasteiger partial charge is 0.411 e. The van der Waals surface area contributed by atoms with E-state index in [1.165, 1.54) is 48.1 Å². The number of hydrogen-bond acceptors (Lipinski definition) is 7. The number of benzene rings is 1. The summed E-state index contributed by atoms with van der Waals surface area (Å²) in [5, 5.41) is 2.48. The Morgan fingerprint density at radius 1 is 1.26 bits per heavy atom. The number of methoxy groups -OCH3 is 1. The van der Waals surface area contributed by atoms with Gasteiger partial charge in [-0.25, -0.2) is 18.2 Å². The molecule has 0 aliphatic carbocycles. The van der Waals surface area contributed by atoms with Gasteiger partial charge in [0, 0.05) is 24.6 Å². The van der Waals surface area contributed by atoms with Crippen molar-refractivity contribution in [2.45, 2.75) is 23.8 Å². The minimum absolute atomic E-state index is 0.151. The zero-order valence-corrected chi connectivity index (χ0v) is 15.6. The number of aromatic nitrogens is 2. The zero-order valence-electron chi connectivity index (χ0n) is 14.7. The molecule has 144 valence electrons. The second-order valence-electron chi connectivity index (χ2n) is 5.93. The molecule has 9 nitrogen and oxygen atoms in total. The first-order valence-electron chi connectivity index (χ1n) is 8.37. The van der Waals surface area contributed by atoms with E-state index in [1.54, 1.807) is 6.20 Å². The number of amides is 1. The average Bonchev–Trinajstić information content (AvgIpc) is 2.69. The van der Waals surface area contributed by atoms with Gasteiger partial charge in [0.05, 0.1) is 24.7 Å². The predicted molar refractivity (Wildman–Crippen MR) is 96.9 cm³/mol. The quantitative estimate of drug-likeness (QED) is 0.827. The monoisotopic (exact) mass is 392 g/mol. The van der Waals surface area contributed by atoms with E-state index in [9.17, 15) is 13.2 Å². The standard InChI is InChI=1S/C17H20N4O5S/c1-25-17(22)20-13-4-6-15(7-5-13)27(23,24)21-10-2-3-14(12-21)26-16-11-18-8-9-19-16/h4-9,11,14H,2-3,10,12H2,1H3,(H,20,22). The van der Waals surface area contributed by atoms with Gasteiger partial charge in [-0.15, -0.1) is 0 Å². The molecular weight excluding hydrogens is 372 g/mol. The van der Waals surface area contributed by atoms with Crippen LogP contribution in [0.4, 0.5) is 10.5 Å². The highest BCUT2D eigenvalue weighted by atomic mass is 32.2. The highest BCUT2D eigenvalue weighted by Gasteiger charge is 2.31. The van der Waals surface area contributed by atoms with Crippen LogP contribution in [0, 0.1) is 0 Å². The molecule has 1 atom stereocenters. The van der Waals surface area contributed by atoms with Gasteiger partial charge in [-0.05, 0) is 37.1 Å². The van der Waals surface area contributed by atoms with Crippen LogP contribution in [0.2, 0.25) is 0 Å². The van der Waals surface area contributed by atoms with Crippen molar-refractivity contribution in [3.05, 3.63) is 42.9 Å². The van der Waals surface area contributed by atoms with Gasteiger partial charge in [0.2, 0.25) is 15.9 Å². The summed E-state index contributed by atoms with van der Waals surface area (Å²) in [4.78, 5) is 19.4. The first-order chi connectivity index (χ1) is 13.0. The molecule has 3 rings (SSSR count). The van der Waals surface area contributed by atoms with Gasteiger partial charge in [0.1, 0.15) is 6.10 Å². The molecule has 1 unspecified atom stereocenters. The summed E-state index contributed by atoms with van der Waals surface area (Å²) in [7, 11) is -2.41. The first kappa shape index (κ1) is 19.1. The van der Waals surface area contributed by atoms with Gasteiger partial charge in [0.15, 0.2) is 0 Å². The molecule has 1 fully saturated rings. The van der Waals surface area contributed by atoms with Crippen molar-refractivity contribution in [2.24, 2.45) is 0 Å². The lowest BCUT2D eigenvalue weighted by molar-refractivity contribution is 0.124. The first-order valence-corrected chi connectivity index (χ1v) is 9.81. The van der Waals surface area contributed by atoms with Gasteiger partial charge >= 0.3 is 6.09 Å². The maximum Gasteiger partial charge on any atom is 0.411 e. The molecule has 0 radical (unpaired) electrons. The topological polar surface area (TPSA) is 111 Å². The fourth-order valence-corrected chi connectivity index (χ4v) is 4.27. The largest absolute Gasteiger partial charge is 0.472 e. The number of nitrogens with zero attached hydrogens (tertiary/aromatic N) is 3. The summed E-state index contributed by atoms with van der Waals surface area (Å²) in [6, 6.07) is 5.93. The zero-order chi connectivity index (χ0) is 19.3. The van der Waals surface area contributed by atoms with Crippen molar-refractivity contribution in [2.75, 3.05) is 25.5 Å². The maximum absolute atomic E-state index is 12.9. The van der Waals surface area contributed by atoms with Crippen LogP contribution in [0.3, 0.4) is 0 Å². The molecule has 10 heteroatoms. The van der Waals surface area contributed by atoms with Crippen LogP contribution in [0.15, 0.2) is 47.8 Å². The summed E-state index contributed by atoms with van der Waals surface area (Å²) >= 11 is 0. The summed E-state index contributed by atoms with van der Waals surface area (Å²) < 4.78 is 37.5. The fourth-order valence-electron chi connectivity index (χ4n) is 2.76. The van der Waals surface area contributed by atoms with Crippen molar-refractivity contribution in [3.8, 4) is 5.88 Å². The van der Waals surface area contributed by atoms with Crippen molar-refractivity contribution >= 4 is 21.8 Å². The second kappa shape index (κ2) is 8.31. The van der Waals surface area contributed by atoms with Gasteiger partial charge in [-0.3, -0.25) is 10.3 Å². The molecule has 1 amide bonds. The van der Waals surface area contributed by atoms with Gasteiger partial charge in [0.25, 0.3) is 0 Å². The number of rotatable bonds is 5. The molecule has 1 saturated heterocycles. The van der Waals surface area contributed by atoms with E-state index in [1.807, 2.05) is 0 Å². The number of anilines is 1. The van der Waals surface area contributed by atoms with E-state index in [-0.39, 0.29) is 17.5 Å². The minimum Gasteiger partial charge on any atom is -0.472 e. The molecule has 2 heterocycles. The molecule has 1 aliphatic heterocycles. The Kier molecular flexibility index (Phi) is 5.87. The molecule has 0 saturated carbocycles. The van der Waals surface area contributed by atoms with Crippen molar-refractivity contribution < 1.29 is 22.7 Å². The fraction of sp³-hybridized carbons (Fsp3) is 0.353. The van der Waals surface area contributed by atoms with Gasteiger partial charge in [-0.2, -0.15) is 4.31 Å². The Morgan fingerprint density at radius 2 is 2.04 bits per heavy atom. The molecule has 27 heavy (non-hydrogen) atoms. The molecule has 0 bridgehead atoms. The Hall–Kier alpha value is -2.72. The lowest BCUT2D eigenvalue weighted by atomic mass is 10.1. The van der Waals surface area contributed by atoms with Crippen LogP contribution >= 0.6 is 0 Å². The highest BCUT2D eigenvalue weighted by molar-refractivity contribution is 7.89. The molecular formula is C17H20N4O5S. The van der Waals surface area contributed by atoms with Crippen LogP contribution in [0.25, 0.3) is 0 Å². The lowest BCUT2D eigenvalue weighted by Gasteiger charge is -2.31. The van der Waals surface area contributed by atoms with E-state index in [0.29, 0.717) is 24.5 Å². The highest BCUT2D eigenvalue weighted by Crippen LogP contribution is 2.24. The molecule has 0 spiro atoms. The third-order valence-corrected chi connectivity index (χ3v) is 5.97. The number of carbonyl (C=O) groups excluding carboxylic acids is 1. The number of carbonyl (C=O) groups is 1. The molecule has 2 aromatic rings.